The summed E-state index contributed by atoms with van der Waals surface area (Å²) in [6, 6.07) is 13.3. The van der Waals surface area contributed by atoms with Gasteiger partial charge in [-0.3, -0.25) is 4.79 Å². The van der Waals surface area contributed by atoms with Crippen molar-refractivity contribution in [3.63, 3.8) is 0 Å². The molecule has 1 aliphatic rings. The highest BCUT2D eigenvalue weighted by molar-refractivity contribution is 6.10. The molecule has 0 radical (unpaired) electrons. The molecule has 0 unspecified atom stereocenters. The molecule has 0 atom stereocenters. The predicted molar refractivity (Wildman–Crippen MR) is 80.7 cm³/mol. The molecule has 3 rings (SSSR count). The summed E-state index contributed by atoms with van der Waals surface area (Å²) >= 11 is 0. The lowest BCUT2D eigenvalue weighted by molar-refractivity contribution is 0.0996. The van der Waals surface area contributed by atoms with Crippen LogP contribution in [-0.2, 0) is 13.0 Å². The number of anilines is 1. The Balaban J connectivity index is 1.87. The summed E-state index contributed by atoms with van der Waals surface area (Å²) in [6.45, 7) is 0.713. The number of ether oxygens (including phenoxy) is 1. The van der Waals surface area contributed by atoms with Gasteiger partial charge in [0, 0.05) is 17.9 Å². The van der Waals surface area contributed by atoms with E-state index in [-0.39, 0.29) is 12.5 Å². The van der Waals surface area contributed by atoms with Crippen LogP contribution in [-0.4, -0.2) is 24.7 Å². The molecule has 0 saturated carbocycles. The van der Waals surface area contributed by atoms with Gasteiger partial charge < -0.3 is 14.7 Å². The molecule has 21 heavy (non-hydrogen) atoms. The molecule has 108 valence electrons. The fourth-order valence-electron chi connectivity index (χ4n) is 2.59. The first-order valence-corrected chi connectivity index (χ1v) is 6.91. The Kier molecular flexibility index (Phi) is 3.62. The van der Waals surface area contributed by atoms with Crippen LogP contribution in [0.3, 0.4) is 0 Å². The lowest BCUT2D eigenvalue weighted by atomic mass is 10.1. The van der Waals surface area contributed by atoms with E-state index in [1.807, 2.05) is 36.4 Å². The van der Waals surface area contributed by atoms with E-state index in [1.165, 1.54) is 0 Å². The molecule has 4 heteroatoms. The lowest BCUT2D eigenvalue weighted by Crippen LogP contribution is -2.22. The highest BCUT2D eigenvalue weighted by Gasteiger charge is 2.28. The van der Waals surface area contributed by atoms with E-state index in [9.17, 15) is 4.79 Å². The maximum absolute atomic E-state index is 12.5. The molecule has 2 aromatic rings. The number of amides is 1. The highest BCUT2D eigenvalue weighted by Crippen LogP contribution is 2.30. The minimum absolute atomic E-state index is 0.00110. The van der Waals surface area contributed by atoms with Crippen molar-refractivity contribution in [3.05, 3.63) is 59.2 Å². The van der Waals surface area contributed by atoms with Crippen LogP contribution in [0.15, 0.2) is 42.5 Å². The first kappa shape index (κ1) is 13.6. The van der Waals surface area contributed by atoms with Crippen molar-refractivity contribution in [2.75, 3.05) is 18.6 Å². The van der Waals surface area contributed by atoms with Crippen molar-refractivity contribution in [2.24, 2.45) is 0 Å². The molecular weight excluding hydrogens is 266 g/mol. The first-order chi connectivity index (χ1) is 10.2. The maximum atomic E-state index is 12.5. The molecule has 0 aliphatic carbocycles. The molecule has 1 amide bonds. The van der Waals surface area contributed by atoms with E-state index in [0.29, 0.717) is 24.3 Å². The second kappa shape index (κ2) is 5.58. The summed E-state index contributed by atoms with van der Waals surface area (Å²) in [5.41, 5.74) is 3.65. The van der Waals surface area contributed by atoms with Crippen LogP contribution in [0, 0.1) is 0 Å². The van der Waals surface area contributed by atoms with Crippen LogP contribution < -0.4 is 9.64 Å². The van der Waals surface area contributed by atoms with Gasteiger partial charge in [0.2, 0.25) is 0 Å². The number of benzene rings is 2. The van der Waals surface area contributed by atoms with Crippen LogP contribution in [0.25, 0.3) is 0 Å². The number of aliphatic hydroxyl groups is 1. The largest absolute Gasteiger partial charge is 0.497 e. The van der Waals surface area contributed by atoms with Gasteiger partial charge in [0.15, 0.2) is 0 Å². The van der Waals surface area contributed by atoms with Crippen molar-refractivity contribution in [2.45, 2.75) is 13.0 Å². The number of carbonyl (C=O) groups is 1. The number of methoxy groups -OCH3 is 1. The summed E-state index contributed by atoms with van der Waals surface area (Å²) in [5, 5.41) is 8.93. The number of hydrogen-bond acceptors (Lipinski definition) is 3. The van der Waals surface area contributed by atoms with E-state index >= 15 is 0 Å². The zero-order valence-electron chi connectivity index (χ0n) is 11.9. The molecule has 0 saturated heterocycles. The fourth-order valence-corrected chi connectivity index (χ4v) is 2.59. The molecule has 2 aromatic carbocycles. The van der Waals surface area contributed by atoms with Crippen molar-refractivity contribution in [1.82, 2.24) is 0 Å². The van der Waals surface area contributed by atoms with Gasteiger partial charge in [-0.1, -0.05) is 18.2 Å². The smallest absolute Gasteiger partial charge is 0.259 e. The number of rotatable bonds is 4. The molecule has 1 aliphatic heterocycles. The minimum atomic E-state index is -0.00110. The number of aliphatic hydroxyl groups excluding tert-OH is 1. The van der Waals surface area contributed by atoms with Crippen molar-refractivity contribution < 1.29 is 14.6 Å². The molecule has 1 N–H and O–H groups in total. The normalized spacial score (nSPS) is 13.4. The predicted octanol–water partition coefficient (Wildman–Crippen LogP) is 2.39. The van der Waals surface area contributed by atoms with Crippen LogP contribution in [0.5, 0.6) is 5.75 Å². The summed E-state index contributed by atoms with van der Waals surface area (Å²) in [6.07, 6.45) is 0.631. The topological polar surface area (TPSA) is 49.8 Å². The Morgan fingerprint density at radius 2 is 1.95 bits per heavy atom. The van der Waals surface area contributed by atoms with Gasteiger partial charge in [-0.05, 0) is 41.8 Å². The molecule has 0 spiro atoms. The van der Waals surface area contributed by atoms with E-state index in [1.54, 1.807) is 18.1 Å². The Morgan fingerprint density at radius 1 is 1.19 bits per heavy atom. The van der Waals surface area contributed by atoms with E-state index in [0.717, 1.165) is 16.8 Å². The molecular formula is C17H17NO3. The van der Waals surface area contributed by atoms with Gasteiger partial charge in [0.25, 0.3) is 5.91 Å². The summed E-state index contributed by atoms with van der Waals surface area (Å²) in [7, 11) is 1.60. The third-order valence-corrected chi connectivity index (χ3v) is 3.77. The zero-order chi connectivity index (χ0) is 14.8. The van der Waals surface area contributed by atoms with Crippen LogP contribution in [0.1, 0.15) is 21.5 Å². The number of hydrogen-bond donors (Lipinski definition) is 1. The Bertz CT molecular complexity index is 664. The van der Waals surface area contributed by atoms with Crippen molar-refractivity contribution in [3.8, 4) is 5.75 Å². The standard InChI is InChI=1S/C17H17NO3/c1-21-15-7-4-13-11-18(17(20)16(13)10-15)14-5-2-12(3-6-14)8-9-19/h2-7,10,19H,8-9,11H2,1H3. The van der Waals surface area contributed by atoms with Crippen molar-refractivity contribution in [1.29, 1.82) is 0 Å². The monoisotopic (exact) mass is 283 g/mol. The van der Waals surface area contributed by atoms with Gasteiger partial charge >= 0.3 is 0 Å². The van der Waals surface area contributed by atoms with E-state index < -0.39 is 0 Å². The van der Waals surface area contributed by atoms with Gasteiger partial charge in [-0.25, -0.2) is 0 Å². The summed E-state index contributed by atoms with van der Waals surface area (Å²) in [4.78, 5) is 14.3. The second-order valence-electron chi connectivity index (χ2n) is 5.05. The Hall–Kier alpha value is -2.33. The molecule has 0 fully saturated rings. The summed E-state index contributed by atoms with van der Waals surface area (Å²) in [5.74, 6) is 0.695. The quantitative estimate of drug-likeness (QED) is 0.937. The van der Waals surface area contributed by atoms with Crippen LogP contribution in [0.4, 0.5) is 5.69 Å². The SMILES string of the molecule is COc1ccc2c(c1)C(=O)N(c1ccc(CCO)cc1)C2. The second-order valence-corrected chi connectivity index (χ2v) is 5.05. The Morgan fingerprint density at radius 3 is 2.62 bits per heavy atom. The molecule has 4 nitrogen and oxygen atoms in total. The average molecular weight is 283 g/mol. The third kappa shape index (κ3) is 2.50. The van der Waals surface area contributed by atoms with Gasteiger partial charge in [0.05, 0.1) is 13.7 Å². The molecule has 0 bridgehead atoms. The molecule has 1 heterocycles. The van der Waals surface area contributed by atoms with Crippen molar-refractivity contribution >= 4 is 11.6 Å². The lowest BCUT2D eigenvalue weighted by Gasteiger charge is -2.16. The highest BCUT2D eigenvalue weighted by atomic mass is 16.5. The molecule has 0 aromatic heterocycles. The van der Waals surface area contributed by atoms with Crippen LogP contribution >= 0.6 is 0 Å². The number of fused-ring (bicyclic) bond motifs is 1. The maximum Gasteiger partial charge on any atom is 0.259 e. The average Bonchev–Trinajstić information content (AvgIpc) is 2.85. The van der Waals surface area contributed by atoms with Crippen LogP contribution in [0.2, 0.25) is 0 Å². The van der Waals surface area contributed by atoms with E-state index in [4.69, 9.17) is 9.84 Å². The summed E-state index contributed by atoms with van der Waals surface area (Å²) < 4.78 is 5.18. The Labute approximate surface area is 123 Å². The van der Waals surface area contributed by atoms with Gasteiger partial charge in [-0.2, -0.15) is 0 Å². The minimum Gasteiger partial charge on any atom is -0.497 e. The van der Waals surface area contributed by atoms with Gasteiger partial charge in [-0.15, -0.1) is 0 Å². The third-order valence-electron chi connectivity index (χ3n) is 3.77. The van der Waals surface area contributed by atoms with Gasteiger partial charge in [0.1, 0.15) is 5.75 Å². The van der Waals surface area contributed by atoms with E-state index in [2.05, 4.69) is 0 Å². The fraction of sp³-hybridized carbons (Fsp3) is 0.235. The first-order valence-electron chi connectivity index (χ1n) is 6.91. The number of nitrogens with zero attached hydrogens (tertiary/aromatic N) is 1. The zero-order valence-corrected chi connectivity index (χ0v) is 11.9. The number of carbonyl (C=O) groups excluding carboxylic acids is 1.